The van der Waals surface area contributed by atoms with E-state index >= 15 is 0 Å². The smallest absolute Gasteiger partial charge is 0.179 e. The second-order valence-corrected chi connectivity index (χ2v) is 9.55. The van der Waals surface area contributed by atoms with Crippen LogP contribution in [0.1, 0.15) is 56.3 Å². The minimum absolute atomic E-state index is 0.0202. The highest BCUT2D eigenvalue weighted by molar-refractivity contribution is 7.91. The highest BCUT2D eigenvalue weighted by Crippen LogP contribution is 2.31. The molecule has 0 bridgehead atoms. The standard InChI is InChI=1S/C18H25Cl2NO3S/c1-3-4-5-6-9-25(23,24)18-11-15(19)14(10-16(18)20)17(22)7-8-21-12-13(21)2/h10-11,13H,3-9,12H2,1-2H3. The third-order valence-electron chi connectivity index (χ3n) is 4.54. The Balaban J connectivity index is 2.08. The van der Waals surface area contributed by atoms with Gasteiger partial charge >= 0.3 is 0 Å². The fourth-order valence-corrected chi connectivity index (χ4v) is 5.10. The summed E-state index contributed by atoms with van der Waals surface area (Å²) in [5, 5.41) is 0.226. The van der Waals surface area contributed by atoms with Crippen molar-refractivity contribution in [2.24, 2.45) is 0 Å². The van der Waals surface area contributed by atoms with Gasteiger partial charge in [0, 0.05) is 31.1 Å². The average Bonchev–Trinajstić information content (AvgIpc) is 3.26. The SMILES string of the molecule is CCCCCCS(=O)(=O)c1cc(Cl)c(C(=O)CCN2CC2C)cc1Cl. The predicted molar refractivity (Wildman–Crippen MR) is 103 cm³/mol. The maximum Gasteiger partial charge on any atom is 0.179 e. The second-order valence-electron chi connectivity index (χ2n) is 6.66. The van der Waals surface area contributed by atoms with Gasteiger partial charge in [-0.05, 0) is 25.5 Å². The minimum Gasteiger partial charge on any atom is -0.297 e. The van der Waals surface area contributed by atoms with Gasteiger partial charge in [0.05, 0.1) is 20.7 Å². The van der Waals surface area contributed by atoms with Crippen LogP contribution in [0.25, 0.3) is 0 Å². The summed E-state index contributed by atoms with van der Waals surface area (Å²) in [6.45, 7) is 5.87. The molecular formula is C18H25Cl2NO3S. The second kappa shape index (κ2) is 8.85. The first-order valence-corrected chi connectivity index (χ1v) is 11.2. The van der Waals surface area contributed by atoms with Crippen molar-refractivity contribution < 1.29 is 13.2 Å². The molecule has 1 aliphatic heterocycles. The number of hydrogen-bond acceptors (Lipinski definition) is 4. The average molecular weight is 406 g/mol. The third-order valence-corrected chi connectivity index (χ3v) is 7.11. The van der Waals surface area contributed by atoms with Crippen LogP contribution in [-0.2, 0) is 9.84 Å². The van der Waals surface area contributed by atoms with Crippen molar-refractivity contribution in [3.63, 3.8) is 0 Å². The van der Waals surface area contributed by atoms with Gasteiger partial charge in [-0.2, -0.15) is 0 Å². The van der Waals surface area contributed by atoms with Crippen LogP contribution in [0, 0.1) is 0 Å². The molecule has 2 unspecified atom stereocenters. The molecule has 2 rings (SSSR count). The summed E-state index contributed by atoms with van der Waals surface area (Å²) < 4.78 is 24.9. The zero-order valence-corrected chi connectivity index (χ0v) is 17.1. The number of nitrogens with zero attached hydrogens (tertiary/aromatic N) is 1. The molecule has 0 saturated carbocycles. The van der Waals surface area contributed by atoms with E-state index in [1.54, 1.807) is 0 Å². The molecule has 1 aromatic rings. The molecule has 25 heavy (non-hydrogen) atoms. The summed E-state index contributed by atoms with van der Waals surface area (Å²) in [4.78, 5) is 14.5. The van der Waals surface area contributed by atoms with Crippen molar-refractivity contribution in [1.82, 2.24) is 4.90 Å². The number of ketones is 1. The first-order chi connectivity index (χ1) is 11.8. The van der Waals surface area contributed by atoms with Crippen LogP contribution in [0.2, 0.25) is 10.0 Å². The van der Waals surface area contributed by atoms with Crippen LogP contribution >= 0.6 is 23.2 Å². The van der Waals surface area contributed by atoms with Gasteiger partial charge in [0.1, 0.15) is 0 Å². The van der Waals surface area contributed by atoms with Crippen LogP contribution in [0.15, 0.2) is 17.0 Å². The first kappa shape index (κ1) is 20.7. The van der Waals surface area contributed by atoms with Crippen molar-refractivity contribution in [2.45, 2.75) is 56.9 Å². The molecule has 1 saturated heterocycles. The van der Waals surface area contributed by atoms with E-state index in [0.29, 0.717) is 31.0 Å². The Kier molecular flexibility index (Phi) is 7.32. The lowest BCUT2D eigenvalue weighted by Gasteiger charge is -2.11. The number of carbonyl (C=O) groups is 1. The van der Waals surface area contributed by atoms with Gasteiger partial charge in [-0.1, -0.05) is 49.4 Å². The number of unbranched alkanes of at least 4 members (excludes halogenated alkanes) is 3. The molecule has 140 valence electrons. The highest BCUT2D eigenvalue weighted by atomic mass is 35.5. The molecular weight excluding hydrogens is 381 g/mol. The molecule has 1 aromatic carbocycles. The molecule has 0 amide bonds. The van der Waals surface area contributed by atoms with E-state index in [9.17, 15) is 13.2 Å². The largest absolute Gasteiger partial charge is 0.297 e. The molecule has 1 fully saturated rings. The first-order valence-electron chi connectivity index (χ1n) is 8.75. The summed E-state index contributed by atoms with van der Waals surface area (Å²) in [7, 11) is -3.50. The van der Waals surface area contributed by atoms with Crippen molar-refractivity contribution in [2.75, 3.05) is 18.8 Å². The van der Waals surface area contributed by atoms with Gasteiger partial charge in [-0.25, -0.2) is 8.42 Å². The van der Waals surface area contributed by atoms with Crippen molar-refractivity contribution in [1.29, 1.82) is 0 Å². The monoisotopic (exact) mass is 405 g/mol. The van der Waals surface area contributed by atoms with Crippen molar-refractivity contribution >= 4 is 38.8 Å². The van der Waals surface area contributed by atoms with Gasteiger partial charge in [0.25, 0.3) is 0 Å². The van der Waals surface area contributed by atoms with E-state index in [2.05, 4.69) is 18.7 Å². The molecule has 0 aromatic heterocycles. The normalized spacial score (nSPS) is 19.8. The van der Waals surface area contributed by atoms with Crippen LogP contribution in [0.5, 0.6) is 0 Å². The Morgan fingerprint density at radius 3 is 2.48 bits per heavy atom. The maximum atomic E-state index is 12.5. The van der Waals surface area contributed by atoms with Crippen LogP contribution in [-0.4, -0.2) is 44.0 Å². The zero-order chi connectivity index (χ0) is 18.6. The maximum absolute atomic E-state index is 12.5. The molecule has 2 atom stereocenters. The van der Waals surface area contributed by atoms with Crippen molar-refractivity contribution in [3.05, 3.63) is 27.7 Å². The summed E-state index contributed by atoms with van der Waals surface area (Å²) in [5.41, 5.74) is 0.297. The highest BCUT2D eigenvalue weighted by Gasteiger charge is 2.29. The number of Topliss-reactive ketones (excluding diaryl/α,β-unsaturated/α-hetero) is 1. The van der Waals surface area contributed by atoms with Crippen LogP contribution < -0.4 is 0 Å². The molecule has 0 N–H and O–H groups in total. The van der Waals surface area contributed by atoms with Crippen LogP contribution in [0.3, 0.4) is 0 Å². The van der Waals surface area contributed by atoms with E-state index in [1.807, 2.05) is 0 Å². The van der Waals surface area contributed by atoms with Gasteiger partial charge in [0.2, 0.25) is 0 Å². The third kappa shape index (κ3) is 5.68. The summed E-state index contributed by atoms with van der Waals surface area (Å²) in [6, 6.07) is 3.26. The Hall–Kier alpha value is -0.620. The number of carbonyl (C=O) groups excluding carboxylic acids is 1. The van der Waals surface area contributed by atoms with Gasteiger partial charge in [-0.15, -0.1) is 0 Å². The number of rotatable bonds is 10. The number of benzene rings is 1. The summed E-state index contributed by atoms with van der Waals surface area (Å²) >= 11 is 12.4. The zero-order valence-electron chi connectivity index (χ0n) is 14.7. The Morgan fingerprint density at radius 2 is 1.88 bits per heavy atom. The lowest BCUT2D eigenvalue weighted by molar-refractivity contribution is 0.0977. The van der Waals surface area contributed by atoms with E-state index in [1.165, 1.54) is 12.1 Å². The minimum atomic E-state index is -3.50. The summed E-state index contributed by atoms with van der Waals surface area (Å²) in [6.07, 6.45) is 3.86. The Bertz CT molecular complexity index is 734. The number of sulfone groups is 1. The molecule has 0 aliphatic carbocycles. The molecule has 0 radical (unpaired) electrons. The lowest BCUT2D eigenvalue weighted by Crippen LogP contribution is -2.12. The van der Waals surface area contributed by atoms with E-state index in [-0.39, 0.29) is 26.5 Å². The number of hydrogen-bond donors (Lipinski definition) is 0. The quantitative estimate of drug-likeness (QED) is 0.323. The van der Waals surface area contributed by atoms with Gasteiger partial charge in [-0.3, -0.25) is 9.69 Å². The molecule has 4 nitrogen and oxygen atoms in total. The Morgan fingerprint density at radius 1 is 1.20 bits per heavy atom. The van der Waals surface area contributed by atoms with E-state index in [0.717, 1.165) is 25.8 Å². The van der Waals surface area contributed by atoms with Crippen molar-refractivity contribution in [3.8, 4) is 0 Å². The topological polar surface area (TPSA) is 54.2 Å². The number of halogens is 2. The van der Waals surface area contributed by atoms with Gasteiger partial charge < -0.3 is 0 Å². The summed E-state index contributed by atoms with van der Waals surface area (Å²) in [5.74, 6) is -0.0682. The fourth-order valence-electron chi connectivity index (χ4n) is 2.79. The molecule has 0 spiro atoms. The van der Waals surface area contributed by atoms with Gasteiger partial charge in [0.15, 0.2) is 15.6 Å². The van der Waals surface area contributed by atoms with E-state index in [4.69, 9.17) is 23.2 Å². The Labute approximate surface area is 160 Å². The lowest BCUT2D eigenvalue weighted by atomic mass is 10.1. The fraction of sp³-hybridized carbons (Fsp3) is 0.611. The van der Waals surface area contributed by atoms with E-state index < -0.39 is 9.84 Å². The molecule has 1 heterocycles. The molecule has 7 heteroatoms. The molecule has 1 aliphatic rings. The van der Waals surface area contributed by atoms with Crippen LogP contribution in [0.4, 0.5) is 0 Å². The predicted octanol–water partition coefficient (Wildman–Crippen LogP) is 4.62.